The molecule has 1 atom stereocenters. The maximum absolute atomic E-state index is 12.8. The predicted octanol–water partition coefficient (Wildman–Crippen LogP) is 0.649. The lowest BCUT2D eigenvalue weighted by molar-refractivity contribution is -0.172. The number of hydrogen-bond donors (Lipinski definition) is 3. The van der Waals surface area contributed by atoms with E-state index < -0.39 is 35.0 Å². The third kappa shape index (κ3) is 5.36. The molecule has 0 radical (unpaired) electrons. The molecule has 0 unspecified atom stereocenters. The number of nitrogens with two attached hydrogens (primary N) is 2. The van der Waals surface area contributed by atoms with Crippen LogP contribution < -0.4 is 16.8 Å². The van der Waals surface area contributed by atoms with Crippen molar-refractivity contribution in [2.75, 3.05) is 13.1 Å². The Labute approximate surface area is 165 Å². The summed E-state index contributed by atoms with van der Waals surface area (Å²) in [6, 6.07) is -0.780. The molecule has 2 aliphatic rings. The molecule has 158 valence electrons. The van der Waals surface area contributed by atoms with Crippen LogP contribution in [0.4, 0.5) is 4.79 Å². The molecule has 1 aliphatic heterocycles. The average Bonchev–Trinajstić information content (AvgIpc) is 2.58. The van der Waals surface area contributed by atoms with Crippen molar-refractivity contribution in [3.63, 3.8) is 0 Å². The van der Waals surface area contributed by atoms with Crippen LogP contribution in [0, 0.1) is 11.3 Å². The standard InChI is InChI=1S/C19H32N4O5/c1-18(2,3)28-17(27)22-10-12-6-8-19(9-7-12)11-23(16(19)26)13(15(21)25)4-5-14(20)24/h12-13H,4-11H2,1-3H3,(H2,20,24)(H2,21,25)(H,22,27)/t12?,13-,19?/m0/s1. The molecule has 1 aliphatic carbocycles. The fourth-order valence-electron chi connectivity index (χ4n) is 4.01. The van der Waals surface area contributed by atoms with E-state index in [0.717, 1.165) is 12.8 Å². The summed E-state index contributed by atoms with van der Waals surface area (Å²) in [6.07, 6.45) is 2.81. The van der Waals surface area contributed by atoms with E-state index in [2.05, 4.69) is 5.32 Å². The molecule has 9 nitrogen and oxygen atoms in total. The van der Waals surface area contributed by atoms with Crippen molar-refractivity contribution in [3.05, 3.63) is 0 Å². The van der Waals surface area contributed by atoms with Crippen molar-refractivity contribution in [1.29, 1.82) is 0 Å². The molecule has 1 spiro atoms. The number of nitrogens with zero attached hydrogens (tertiary/aromatic N) is 1. The Bertz CT molecular complexity index is 635. The molecule has 28 heavy (non-hydrogen) atoms. The van der Waals surface area contributed by atoms with Crippen LogP contribution in [0.3, 0.4) is 0 Å². The Morgan fingerprint density at radius 2 is 1.86 bits per heavy atom. The summed E-state index contributed by atoms with van der Waals surface area (Å²) in [6.45, 7) is 6.44. The van der Waals surface area contributed by atoms with Crippen molar-refractivity contribution in [2.24, 2.45) is 22.8 Å². The Hall–Kier alpha value is -2.32. The van der Waals surface area contributed by atoms with E-state index >= 15 is 0 Å². The number of β-lactam (4-membered cyclic amide) rings is 1. The van der Waals surface area contributed by atoms with Gasteiger partial charge in [0.15, 0.2) is 0 Å². The number of rotatable bonds is 7. The maximum atomic E-state index is 12.8. The van der Waals surface area contributed by atoms with Gasteiger partial charge in [-0.3, -0.25) is 14.4 Å². The predicted molar refractivity (Wildman–Crippen MR) is 102 cm³/mol. The second kappa shape index (κ2) is 8.36. The lowest BCUT2D eigenvalue weighted by Gasteiger charge is -2.54. The number of carbonyl (C=O) groups excluding carboxylic acids is 4. The van der Waals surface area contributed by atoms with Crippen molar-refractivity contribution >= 4 is 23.8 Å². The topological polar surface area (TPSA) is 145 Å². The van der Waals surface area contributed by atoms with E-state index in [4.69, 9.17) is 16.2 Å². The molecule has 9 heteroatoms. The van der Waals surface area contributed by atoms with Gasteiger partial charge in [0.05, 0.1) is 5.41 Å². The second-order valence-electron chi connectivity index (χ2n) is 8.96. The molecule has 5 N–H and O–H groups in total. The second-order valence-corrected chi connectivity index (χ2v) is 8.96. The van der Waals surface area contributed by atoms with Crippen LogP contribution in [0.25, 0.3) is 0 Å². The zero-order chi connectivity index (χ0) is 21.1. The number of ether oxygens (including phenoxy) is 1. The summed E-state index contributed by atoms with van der Waals surface area (Å²) in [5, 5.41) is 2.79. The lowest BCUT2D eigenvalue weighted by Crippen LogP contribution is -2.67. The van der Waals surface area contributed by atoms with Crippen molar-refractivity contribution in [1.82, 2.24) is 10.2 Å². The highest BCUT2D eigenvalue weighted by molar-refractivity contribution is 5.94. The zero-order valence-corrected chi connectivity index (χ0v) is 17.0. The van der Waals surface area contributed by atoms with Crippen molar-refractivity contribution < 1.29 is 23.9 Å². The molecule has 2 fully saturated rings. The summed E-state index contributed by atoms with van der Waals surface area (Å²) in [5.41, 5.74) is 9.57. The van der Waals surface area contributed by atoms with Gasteiger partial charge >= 0.3 is 6.09 Å². The quantitative estimate of drug-likeness (QED) is 0.541. The third-order valence-electron chi connectivity index (χ3n) is 5.55. The Kier molecular flexibility index (Phi) is 6.56. The van der Waals surface area contributed by atoms with Gasteiger partial charge in [-0.15, -0.1) is 0 Å². The molecule has 1 saturated heterocycles. The van der Waals surface area contributed by atoms with Crippen LogP contribution in [-0.4, -0.2) is 53.4 Å². The lowest BCUT2D eigenvalue weighted by atomic mass is 9.64. The Morgan fingerprint density at radius 3 is 2.32 bits per heavy atom. The molecule has 0 aromatic carbocycles. The number of alkyl carbamates (subject to hydrolysis) is 1. The Morgan fingerprint density at radius 1 is 1.25 bits per heavy atom. The summed E-state index contributed by atoms with van der Waals surface area (Å²) >= 11 is 0. The molecule has 1 heterocycles. The number of amides is 4. The minimum Gasteiger partial charge on any atom is -0.444 e. The van der Waals surface area contributed by atoms with Gasteiger partial charge in [-0.2, -0.15) is 0 Å². The fourth-order valence-corrected chi connectivity index (χ4v) is 4.01. The molecule has 0 aromatic rings. The summed E-state index contributed by atoms with van der Waals surface area (Å²) < 4.78 is 5.23. The molecule has 0 aromatic heterocycles. The highest BCUT2D eigenvalue weighted by atomic mass is 16.6. The zero-order valence-electron chi connectivity index (χ0n) is 17.0. The van der Waals surface area contributed by atoms with Gasteiger partial charge in [0, 0.05) is 19.5 Å². The maximum Gasteiger partial charge on any atom is 0.407 e. The highest BCUT2D eigenvalue weighted by Gasteiger charge is 2.55. The number of carbonyl (C=O) groups is 4. The molecule has 2 rings (SSSR count). The van der Waals surface area contributed by atoms with Gasteiger partial charge in [-0.25, -0.2) is 4.79 Å². The van der Waals surface area contributed by atoms with E-state index in [1.165, 1.54) is 4.90 Å². The SMILES string of the molecule is CC(C)(C)OC(=O)NCC1CCC2(CC1)CN([C@@H](CCC(N)=O)C(N)=O)C2=O. The van der Waals surface area contributed by atoms with Gasteiger partial charge < -0.3 is 26.4 Å². The summed E-state index contributed by atoms with van der Waals surface area (Å²) in [7, 11) is 0. The average molecular weight is 396 g/mol. The fraction of sp³-hybridized carbons (Fsp3) is 0.789. The minimum atomic E-state index is -0.780. The summed E-state index contributed by atoms with van der Waals surface area (Å²) in [5.74, 6) is -0.909. The van der Waals surface area contributed by atoms with Crippen LogP contribution >= 0.6 is 0 Å². The van der Waals surface area contributed by atoms with E-state index in [1.54, 1.807) is 0 Å². The summed E-state index contributed by atoms with van der Waals surface area (Å²) in [4.78, 5) is 48.7. The van der Waals surface area contributed by atoms with Crippen LogP contribution in [0.15, 0.2) is 0 Å². The first-order valence-electron chi connectivity index (χ1n) is 9.79. The first-order valence-corrected chi connectivity index (χ1v) is 9.79. The molecular weight excluding hydrogens is 364 g/mol. The van der Waals surface area contributed by atoms with Crippen LogP contribution in [0.2, 0.25) is 0 Å². The van der Waals surface area contributed by atoms with E-state index in [9.17, 15) is 19.2 Å². The normalized spacial score (nSPS) is 25.8. The van der Waals surface area contributed by atoms with E-state index in [1.807, 2.05) is 20.8 Å². The highest BCUT2D eigenvalue weighted by Crippen LogP contribution is 2.47. The monoisotopic (exact) mass is 396 g/mol. The van der Waals surface area contributed by atoms with Gasteiger partial charge in [0.2, 0.25) is 17.7 Å². The Balaban J connectivity index is 1.81. The van der Waals surface area contributed by atoms with Gasteiger partial charge in [0.1, 0.15) is 11.6 Å². The molecular formula is C19H32N4O5. The molecule has 4 amide bonds. The van der Waals surface area contributed by atoms with E-state index in [-0.39, 0.29) is 18.7 Å². The third-order valence-corrected chi connectivity index (χ3v) is 5.55. The largest absolute Gasteiger partial charge is 0.444 e. The number of likely N-dealkylation sites (tertiary alicyclic amines) is 1. The van der Waals surface area contributed by atoms with Gasteiger partial charge in [-0.1, -0.05) is 0 Å². The smallest absolute Gasteiger partial charge is 0.407 e. The number of hydrogen-bond acceptors (Lipinski definition) is 5. The van der Waals surface area contributed by atoms with Crippen LogP contribution in [0.1, 0.15) is 59.3 Å². The number of primary amides is 2. The van der Waals surface area contributed by atoms with E-state index in [0.29, 0.717) is 31.8 Å². The van der Waals surface area contributed by atoms with Crippen LogP contribution in [0.5, 0.6) is 0 Å². The van der Waals surface area contributed by atoms with Crippen LogP contribution in [-0.2, 0) is 19.1 Å². The first-order chi connectivity index (χ1) is 12.9. The molecule has 0 bridgehead atoms. The van der Waals surface area contributed by atoms with Gasteiger partial charge in [0.25, 0.3) is 0 Å². The molecule has 1 saturated carbocycles. The number of nitrogens with one attached hydrogen (secondary N) is 1. The van der Waals surface area contributed by atoms with Crippen molar-refractivity contribution in [2.45, 2.75) is 70.9 Å². The van der Waals surface area contributed by atoms with Gasteiger partial charge in [-0.05, 0) is 58.8 Å². The van der Waals surface area contributed by atoms with Crippen molar-refractivity contribution in [3.8, 4) is 0 Å². The first kappa shape index (κ1) is 22.0. The minimum absolute atomic E-state index is 0.0167.